The van der Waals surface area contributed by atoms with Gasteiger partial charge < -0.3 is 34.3 Å². The van der Waals surface area contributed by atoms with Gasteiger partial charge in [0.15, 0.2) is 0 Å². The van der Waals surface area contributed by atoms with Crippen LogP contribution in [0, 0.1) is 5.92 Å². The first kappa shape index (κ1) is 29.6. The lowest BCUT2D eigenvalue weighted by atomic mass is 9.72. The molecule has 1 saturated heterocycles. The third-order valence-electron chi connectivity index (χ3n) is 5.86. The Balaban J connectivity index is 2.16. The quantitative estimate of drug-likeness (QED) is 0.196. The number of amides is 1. The number of rotatable bonds is 13. The summed E-state index contributed by atoms with van der Waals surface area (Å²) in [5, 5.41) is 22.4. The summed E-state index contributed by atoms with van der Waals surface area (Å²) in [5.74, 6) is -5.44. The molecule has 0 radical (unpaired) electrons. The normalized spacial score (nSPS) is 16.1. The predicted molar refractivity (Wildman–Crippen MR) is 128 cm³/mol. The van der Waals surface area contributed by atoms with Gasteiger partial charge in [0.25, 0.3) is 5.97 Å². The lowest BCUT2D eigenvalue weighted by Crippen LogP contribution is -2.55. The van der Waals surface area contributed by atoms with Crippen molar-refractivity contribution < 1.29 is 53.0 Å². The van der Waals surface area contributed by atoms with E-state index in [-0.39, 0.29) is 36.3 Å². The van der Waals surface area contributed by atoms with Crippen molar-refractivity contribution in [2.45, 2.75) is 71.3 Å². The van der Waals surface area contributed by atoms with Crippen LogP contribution in [0.1, 0.15) is 68.8 Å². The van der Waals surface area contributed by atoms with Crippen molar-refractivity contribution in [3.8, 4) is 5.75 Å². The van der Waals surface area contributed by atoms with E-state index < -0.39 is 67.9 Å². The van der Waals surface area contributed by atoms with Crippen molar-refractivity contribution in [2.24, 2.45) is 5.92 Å². The van der Waals surface area contributed by atoms with E-state index in [1.807, 2.05) is 13.8 Å². The zero-order valence-corrected chi connectivity index (χ0v) is 21.1. The molecule has 1 aromatic rings. The number of aromatic hydroxyl groups is 1. The summed E-state index contributed by atoms with van der Waals surface area (Å²) in [6.45, 7) is 4.67. The maximum atomic E-state index is 12.5. The molecule has 2 atom stereocenters. The van der Waals surface area contributed by atoms with Crippen molar-refractivity contribution in [1.82, 2.24) is 5.32 Å². The molecule has 1 aliphatic rings. The van der Waals surface area contributed by atoms with Gasteiger partial charge in [0, 0.05) is 6.42 Å². The van der Waals surface area contributed by atoms with E-state index in [1.54, 1.807) is 6.92 Å². The Morgan fingerprint density at radius 2 is 1.86 bits per heavy atom. The Labute approximate surface area is 214 Å². The van der Waals surface area contributed by atoms with Crippen LogP contribution in [0.5, 0.6) is 5.75 Å². The number of esters is 2. The summed E-state index contributed by atoms with van der Waals surface area (Å²) in [7, 11) is -1.32. The fraction of sp³-hybridized carbons (Fsp3) is 0.542. The molecule has 1 fully saturated rings. The average Bonchev–Trinajstić information content (AvgIpc) is 2.84. The van der Waals surface area contributed by atoms with Gasteiger partial charge in [-0.3, -0.25) is 19.2 Å². The van der Waals surface area contributed by atoms with E-state index in [4.69, 9.17) is 23.9 Å². The molecule has 1 heterocycles. The second-order valence-corrected chi connectivity index (χ2v) is 8.49. The fourth-order valence-corrected chi connectivity index (χ4v) is 3.76. The molecular weight excluding hydrogens is 489 g/mol. The van der Waals surface area contributed by atoms with Crippen LogP contribution in [0.15, 0.2) is 18.2 Å². The van der Waals surface area contributed by atoms with E-state index in [9.17, 15) is 29.1 Å². The molecule has 202 valence electrons. The number of ether oxygens (including phenoxy) is 2. The number of carbonyl (C=O) groups excluding carboxylic acids is 4. The minimum Gasteiger partial charge on any atom is -0.508 e. The van der Waals surface area contributed by atoms with E-state index in [1.165, 1.54) is 18.2 Å². The average molecular weight is 521 g/mol. The number of carbonyl (C=O) groups is 5. The van der Waals surface area contributed by atoms with Gasteiger partial charge in [-0.05, 0) is 30.9 Å². The number of hydrogen-bond donors (Lipinski definition) is 3. The first-order valence-electron chi connectivity index (χ1n) is 12.1. The molecular formula is C24H32BNO11. The van der Waals surface area contributed by atoms with Gasteiger partial charge in [0.2, 0.25) is 12.7 Å². The summed E-state index contributed by atoms with van der Waals surface area (Å²) in [4.78, 5) is 59.8. The van der Waals surface area contributed by atoms with Crippen LogP contribution in [-0.4, -0.2) is 66.0 Å². The number of nitrogens with one attached hydrogen (secondary N) is 1. The third-order valence-corrected chi connectivity index (χ3v) is 5.86. The van der Waals surface area contributed by atoms with Gasteiger partial charge in [-0.2, -0.15) is 0 Å². The molecule has 2 unspecified atom stereocenters. The van der Waals surface area contributed by atoms with Crippen LogP contribution in [0.4, 0.5) is 0 Å². The fourth-order valence-electron chi connectivity index (χ4n) is 3.76. The molecule has 37 heavy (non-hydrogen) atoms. The number of carboxylic acids is 1. The molecule has 1 aliphatic heterocycles. The van der Waals surface area contributed by atoms with Gasteiger partial charge in [-0.25, -0.2) is 4.79 Å². The largest absolute Gasteiger partial charge is 0.551 e. The molecule has 3 N–H and O–H groups in total. The second kappa shape index (κ2) is 14.2. The summed E-state index contributed by atoms with van der Waals surface area (Å²) < 4.78 is 20.8. The summed E-state index contributed by atoms with van der Waals surface area (Å²) in [6.07, 6.45) is -0.510. The molecule has 1 amide bonds. The molecule has 2 rings (SSSR count). The van der Waals surface area contributed by atoms with Crippen molar-refractivity contribution in [1.29, 1.82) is 0 Å². The molecule has 0 spiro atoms. The highest BCUT2D eigenvalue weighted by Gasteiger charge is 2.42. The Hall–Kier alpha value is -3.61. The molecule has 0 saturated carbocycles. The standard InChI is InChI=1S/C24H32BNO11/c1-4-14(5-2)23(32)34-13-35-24(33)17-9-7-8-15(22(17)31)10-18(26-19(27)6-3)25-36-16(11-20(28)29)12-21(30)37-25/h7-9,14,16,18,31H,4-6,10-13H2,1-3H3,(H,26,27)(H,28,29). The van der Waals surface area contributed by atoms with Crippen LogP contribution in [0.2, 0.25) is 0 Å². The maximum absolute atomic E-state index is 12.5. The Morgan fingerprint density at radius 1 is 1.16 bits per heavy atom. The van der Waals surface area contributed by atoms with Crippen LogP contribution >= 0.6 is 0 Å². The van der Waals surface area contributed by atoms with E-state index in [0.717, 1.165) is 0 Å². The highest BCUT2D eigenvalue weighted by atomic mass is 16.7. The topological polar surface area (TPSA) is 175 Å². The van der Waals surface area contributed by atoms with E-state index in [0.29, 0.717) is 12.8 Å². The summed E-state index contributed by atoms with van der Waals surface area (Å²) in [6, 6.07) is 4.27. The number of phenolic OH excluding ortho intramolecular Hbond substituents is 1. The van der Waals surface area contributed by atoms with Crippen molar-refractivity contribution in [3.63, 3.8) is 0 Å². The van der Waals surface area contributed by atoms with Gasteiger partial charge in [-0.1, -0.05) is 32.9 Å². The number of carboxylic acid groups (broad SMARTS) is 1. The molecule has 0 aromatic heterocycles. The highest BCUT2D eigenvalue weighted by Crippen LogP contribution is 2.26. The predicted octanol–water partition coefficient (Wildman–Crippen LogP) is 1.76. The smallest absolute Gasteiger partial charge is 0.508 e. The van der Waals surface area contributed by atoms with E-state index in [2.05, 4.69) is 5.32 Å². The zero-order valence-electron chi connectivity index (χ0n) is 21.1. The summed E-state index contributed by atoms with van der Waals surface area (Å²) >= 11 is 0. The van der Waals surface area contributed by atoms with Crippen LogP contribution < -0.4 is 5.32 Å². The maximum Gasteiger partial charge on any atom is 0.551 e. The SMILES string of the molecule is CCC(=O)NC(Cc1cccc(C(=O)OCOC(=O)C(CC)CC)c1O)B1OC(=O)CC(CC(=O)O)O1. The van der Waals surface area contributed by atoms with Gasteiger partial charge in [0.05, 0.1) is 30.8 Å². The Morgan fingerprint density at radius 3 is 2.49 bits per heavy atom. The number of hydrogen-bond acceptors (Lipinski definition) is 10. The lowest BCUT2D eigenvalue weighted by Gasteiger charge is -2.31. The Bertz CT molecular complexity index is 993. The minimum absolute atomic E-state index is 0.101. The van der Waals surface area contributed by atoms with Crippen molar-refractivity contribution in [3.05, 3.63) is 29.3 Å². The second-order valence-electron chi connectivity index (χ2n) is 8.49. The number of benzene rings is 1. The van der Waals surface area contributed by atoms with Crippen molar-refractivity contribution in [2.75, 3.05) is 6.79 Å². The number of aliphatic carboxylic acids is 1. The third kappa shape index (κ3) is 8.78. The van der Waals surface area contributed by atoms with Crippen LogP contribution in [0.25, 0.3) is 0 Å². The van der Waals surface area contributed by atoms with Gasteiger partial charge in [0.1, 0.15) is 11.3 Å². The first-order chi connectivity index (χ1) is 17.6. The zero-order chi connectivity index (χ0) is 27.5. The lowest BCUT2D eigenvalue weighted by molar-refractivity contribution is -0.157. The molecule has 1 aromatic carbocycles. The number of phenols is 1. The Kier molecular flexibility index (Phi) is 11.4. The minimum atomic E-state index is -1.32. The molecule has 13 heteroatoms. The molecule has 0 bridgehead atoms. The highest BCUT2D eigenvalue weighted by molar-refractivity contribution is 6.49. The molecule has 0 aliphatic carbocycles. The first-order valence-corrected chi connectivity index (χ1v) is 12.1. The summed E-state index contributed by atoms with van der Waals surface area (Å²) in [5.41, 5.74) is -0.00755. The monoisotopic (exact) mass is 521 g/mol. The van der Waals surface area contributed by atoms with E-state index >= 15 is 0 Å². The molecule has 12 nitrogen and oxygen atoms in total. The van der Waals surface area contributed by atoms with Crippen LogP contribution in [0.3, 0.4) is 0 Å². The van der Waals surface area contributed by atoms with Crippen molar-refractivity contribution >= 4 is 36.9 Å². The van der Waals surface area contributed by atoms with Gasteiger partial charge in [-0.15, -0.1) is 0 Å². The van der Waals surface area contributed by atoms with Gasteiger partial charge >= 0.3 is 25.0 Å². The number of para-hydroxylation sites is 1. The van der Waals surface area contributed by atoms with Crippen LogP contribution in [-0.2, 0) is 44.4 Å².